The molecular formula is C29H32N2O2. The Kier molecular flexibility index (Phi) is 7.26. The monoisotopic (exact) mass is 440 g/mol. The summed E-state index contributed by atoms with van der Waals surface area (Å²) in [7, 11) is 0. The molecule has 0 unspecified atom stereocenters. The Hall–Kier alpha value is -3.37. The molecule has 2 atom stereocenters. The summed E-state index contributed by atoms with van der Waals surface area (Å²) in [5.74, 6) is 0.571. The summed E-state index contributed by atoms with van der Waals surface area (Å²) in [6, 6.07) is 25.8. The van der Waals surface area contributed by atoms with Crippen molar-refractivity contribution < 1.29 is 9.53 Å². The number of rotatable bonds is 8. The van der Waals surface area contributed by atoms with Gasteiger partial charge < -0.3 is 10.1 Å². The van der Waals surface area contributed by atoms with E-state index in [0.29, 0.717) is 12.3 Å². The molecular weight excluding hydrogens is 408 g/mol. The molecule has 3 aromatic carbocycles. The molecule has 0 saturated heterocycles. The van der Waals surface area contributed by atoms with Crippen LogP contribution in [-0.2, 0) is 17.8 Å². The summed E-state index contributed by atoms with van der Waals surface area (Å²) in [5.41, 5.74) is 6.44. The van der Waals surface area contributed by atoms with E-state index in [1.807, 2.05) is 6.07 Å². The molecule has 0 saturated carbocycles. The first-order chi connectivity index (χ1) is 16.0. The van der Waals surface area contributed by atoms with Gasteiger partial charge in [-0.25, -0.2) is 0 Å². The van der Waals surface area contributed by atoms with Crippen molar-refractivity contribution in [2.45, 2.75) is 39.0 Å². The highest BCUT2D eigenvalue weighted by Gasteiger charge is 2.29. The van der Waals surface area contributed by atoms with Crippen LogP contribution in [0.2, 0.25) is 0 Å². The van der Waals surface area contributed by atoms with E-state index in [1.165, 1.54) is 27.8 Å². The number of carbonyl (C=O) groups excluding carboxylic acids is 1. The Morgan fingerprint density at radius 3 is 2.73 bits per heavy atom. The zero-order valence-electron chi connectivity index (χ0n) is 19.5. The van der Waals surface area contributed by atoms with Gasteiger partial charge in [0, 0.05) is 19.6 Å². The molecule has 0 fully saturated rings. The maximum Gasteiger partial charge on any atom is 0.261 e. The minimum absolute atomic E-state index is 0.129. The lowest BCUT2D eigenvalue weighted by atomic mass is 9.87. The maximum absolute atomic E-state index is 12.3. The molecule has 3 aromatic rings. The van der Waals surface area contributed by atoms with Gasteiger partial charge in [-0.05, 0) is 54.7 Å². The van der Waals surface area contributed by atoms with Gasteiger partial charge in [0.05, 0.1) is 6.04 Å². The van der Waals surface area contributed by atoms with Gasteiger partial charge in [0.2, 0.25) is 0 Å². The second-order valence-corrected chi connectivity index (χ2v) is 8.68. The number of nitrogens with zero attached hydrogens (tertiary/aromatic N) is 1. The lowest BCUT2D eigenvalue weighted by Gasteiger charge is -2.38. The summed E-state index contributed by atoms with van der Waals surface area (Å²) in [4.78, 5) is 14.8. The third kappa shape index (κ3) is 5.52. The molecule has 4 heteroatoms. The molecule has 4 rings (SSSR count). The van der Waals surface area contributed by atoms with Gasteiger partial charge in [0.15, 0.2) is 6.10 Å². The van der Waals surface area contributed by atoms with Crippen LogP contribution in [0, 0.1) is 6.92 Å². The summed E-state index contributed by atoms with van der Waals surface area (Å²) in [6.07, 6.45) is 2.07. The first-order valence-corrected chi connectivity index (χ1v) is 11.6. The zero-order chi connectivity index (χ0) is 23.2. The van der Waals surface area contributed by atoms with Gasteiger partial charge in [-0.2, -0.15) is 0 Å². The minimum atomic E-state index is -0.579. The maximum atomic E-state index is 12.3. The van der Waals surface area contributed by atoms with Gasteiger partial charge >= 0.3 is 0 Å². The van der Waals surface area contributed by atoms with Crippen LogP contribution < -0.4 is 10.1 Å². The van der Waals surface area contributed by atoms with Gasteiger partial charge in [-0.15, -0.1) is 6.58 Å². The fourth-order valence-electron chi connectivity index (χ4n) is 4.53. The summed E-state index contributed by atoms with van der Waals surface area (Å²) in [6.45, 7) is 9.86. The number of benzene rings is 3. The summed E-state index contributed by atoms with van der Waals surface area (Å²) >= 11 is 0. The van der Waals surface area contributed by atoms with E-state index < -0.39 is 6.10 Å². The van der Waals surface area contributed by atoms with Crippen LogP contribution in [0.15, 0.2) is 85.5 Å². The topological polar surface area (TPSA) is 41.6 Å². The lowest BCUT2D eigenvalue weighted by molar-refractivity contribution is -0.127. The largest absolute Gasteiger partial charge is 0.481 e. The van der Waals surface area contributed by atoms with Gasteiger partial charge in [-0.1, -0.05) is 72.3 Å². The molecule has 0 aliphatic carbocycles. The van der Waals surface area contributed by atoms with Crippen molar-refractivity contribution >= 4 is 5.91 Å². The van der Waals surface area contributed by atoms with Crippen LogP contribution >= 0.6 is 0 Å². The molecule has 170 valence electrons. The first kappa shape index (κ1) is 22.8. The van der Waals surface area contributed by atoms with E-state index >= 15 is 0 Å². The number of ether oxygens (including phenoxy) is 1. The molecule has 4 nitrogen and oxygen atoms in total. The molecule has 1 heterocycles. The molecule has 0 aromatic heterocycles. The average molecular weight is 441 g/mol. The van der Waals surface area contributed by atoms with Crippen LogP contribution in [0.3, 0.4) is 0 Å². The second-order valence-electron chi connectivity index (χ2n) is 8.68. The smallest absolute Gasteiger partial charge is 0.261 e. The molecule has 0 spiro atoms. The predicted octanol–water partition coefficient (Wildman–Crippen LogP) is 5.21. The summed E-state index contributed by atoms with van der Waals surface area (Å²) < 4.78 is 6.03. The number of hydrogen-bond donors (Lipinski definition) is 1. The molecule has 1 aliphatic rings. The highest BCUT2D eigenvalue weighted by Crippen LogP contribution is 2.38. The van der Waals surface area contributed by atoms with Crippen LogP contribution in [-0.4, -0.2) is 30.0 Å². The highest BCUT2D eigenvalue weighted by molar-refractivity contribution is 5.80. The van der Waals surface area contributed by atoms with E-state index in [0.717, 1.165) is 19.5 Å². The van der Waals surface area contributed by atoms with Crippen molar-refractivity contribution in [2.75, 3.05) is 13.1 Å². The Labute approximate surface area is 196 Å². The standard InChI is InChI=1S/C29H32N2O2/c1-4-16-30-29(32)22(3)33-26-14-13-24-15-17-31(20-23-10-8-9-21(2)18-23)28(27(24)19-26)25-11-6-5-7-12-25/h4-14,18-19,22,28H,1,15-17,20H2,2-3H3,(H,30,32)/t22-,28+/m1/s1. The van der Waals surface area contributed by atoms with Gasteiger partial charge in [-0.3, -0.25) is 9.69 Å². The molecule has 1 amide bonds. The zero-order valence-corrected chi connectivity index (χ0v) is 19.5. The Balaban J connectivity index is 1.64. The van der Waals surface area contributed by atoms with Crippen LogP contribution in [0.1, 0.15) is 40.8 Å². The third-order valence-corrected chi connectivity index (χ3v) is 6.13. The van der Waals surface area contributed by atoms with E-state index in [4.69, 9.17) is 4.74 Å². The highest BCUT2D eigenvalue weighted by atomic mass is 16.5. The van der Waals surface area contributed by atoms with Crippen molar-refractivity contribution in [3.63, 3.8) is 0 Å². The Morgan fingerprint density at radius 1 is 1.15 bits per heavy atom. The number of amides is 1. The molecule has 0 bridgehead atoms. The first-order valence-electron chi connectivity index (χ1n) is 11.6. The second kappa shape index (κ2) is 10.5. The average Bonchev–Trinajstić information content (AvgIpc) is 2.83. The van der Waals surface area contributed by atoms with Gasteiger partial charge in [0.1, 0.15) is 5.75 Å². The molecule has 1 aliphatic heterocycles. The van der Waals surface area contributed by atoms with Gasteiger partial charge in [0.25, 0.3) is 5.91 Å². The Morgan fingerprint density at radius 2 is 1.97 bits per heavy atom. The lowest BCUT2D eigenvalue weighted by Crippen LogP contribution is -2.37. The molecule has 0 radical (unpaired) electrons. The third-order valence-electron chi connectivity index (χ3n) is 6.13. The Bertz CT molecular complexity index is 1110. The number of carbonyl (C=O) groups is 1. The minimum Gasteiger partial charge on any atom is -0.481 e. The van der Waals surface area contributed by atoms with E-state index in [-0.39, 0.29) is 11.9 Å². The van der Waals surface area contributed by atoms with Crippen molar-refractivity contribution in [3.8, 4) is 5.75 Å². The number of nitrogens with one attached hydrogen (secondary N) is 1. The van der Waals surface area contributed by atoms with Crippen molar-refractivity contribution in [3.05, 3.63) is 113 Å². The normalized spacial score (nSPS) is 16.5. The number of hydrogen-bond acceptors (Lipinski definition) is 3. The van der Waals surface area contributed by atoms with Crippen LogP contribution in [0.4, 0.5) is 0 Å². The fourth-order valence-corrected chi connectivity index (χ4v) is 4.53. The fraction of sp³-hybridized carbons (Fsp3) is 0.276. The van der Waals surface area contributed by atoms with Crippen LogP contribution in [0.5, 0.6) is 5.75 Å². The number of fused-ring (bicyclic) bond motifs is 1. The van der Waals surface area contributed by atoms with E-state index in [2.05, 4.69) is 90.4 Å². The van der Waals surface area contributed by atoms with Crippen molar-refractivity contribution in [2.24, 2.45) is 0 Å². The quantitative estimate of drug-likeness (QED) is 0.489. The summed E-state index contributed by atoms with van der Waals surface area (Å²) in [5, 5.41) is 2.80. The van der Waals surface area contributed by atoms with E-state index in [1.54, 1.807) is 13.0 Å². The van der Waals surface area contributed by atoms with E-state index in [9.17, 15) is 4.79 Å². The van der Waals surface area contributed by atoms with Crippen molar-refractivity contribution in [1.82, 2.24) is 10.2 Å². The SMILES string of the molecule is C=CCNC(=O)[C@@H](C)Oc1ccc2c(c1)[C@H](c1ccccc1)N(Cc1cccc(C)c1)CC2. The molecule has 33 heavy (non-hydrogen) atoms. The molecule has 1 N–H and O–H groups in total. The predicted molar refractivity (Wildman–Crippen MR) is 133 cm³/mol. The van der Waals surface area contributed by atoms with Crippen LogP contribution in [0.25, 0.3) is 0 Å². The number of aryl methyl sites for hydroxylation is 1. The van der Waals surface area contributed by atoms with Crippen molar-refractivity contribution in [1.29, 1.82) is 0 Å².